The Bertz CT molecular complexity index is 933. The molecule has 1 amide bonds. The first-order chi connectivity index (χ1) is 12.2. The van der Waals surface area contributed by atoms with Gasteiger partial charge >= 0.3 is 0 Å². The number of halogens is 1. The summed E-state index contributed by atoms with van der Waals surface area (Å²) in [6.07, 6.45) is 3.18. The number of carbonyl (C=O) groups is 1. The lowest BCUT2D eigenvalue weighted by molar-refractivity contribution is -0.120. The van der Waals surface area contributed by atoms with Crippen LogP contribution in [0.5, 0.6) is 5.75 Å². The number of ether oxygens (including phenoxy) is 1. The van der Waals surface area contributed by atoms with Crippen LogP contribution in [0, 0.1) is 5.82 Å². The van der Waals surface area contributed by atoms with Gasteiger partial charge in [-0.2, -0.15) is 0 Å². The highest BCUT2D eigenvalue weighted by Gasteiger charge is 2.13. The summed E-state index contributed by atoms with van der Waals surface area (Å²) >= 11 is 0. The summed E-state index contributed by atoms with van der Waals surface area (Å²) in [4.78, 5) is 12.1. The maximum absolute atomic E-state index is 13.4. The topological polar surface area (TPSA) is 43.3 Å². The zero-order valence-electron chi connectivity index (χ0n) is 13.8. The van der Waals surface area contributed by atoms with Crippen LogP contribution in [0.3, 0.4) is 0 Å². The highest BCUT2D eigenvalue weighted by molar-refractivity contribution is 5.80. The van der Waals surface area contributed by atoms with E-state index in [0.717, 1.165) is 35.2 Å². The zero-order chi connectivity index (χ0) is 17.2. The lowest BCUT2D eigenvalue weighted by Gasteiger charge is -2.09. The van der Waals surface area contributed by atoms with Gasteiger partial charge in [-0.3, -0.25) is 4.79 Å². The Morgan fingerprint density at radius 1 is 1.20 bits per heavy atom. The molecule has 2 aromatic carbocycles. The molecule has 128 valence electrons. The van der Waals surface area contributed by atoms with Crippen molar-refractivity contribution < 1.29 is 13.9 Å². The average molecular weight is 338 g/mol. The quantitative estimate of drug-likeness (QED) is 0.777. The van der Waals surface area contributed by atoms with Crippen LogP contribution in [0.25, 0.3) is 10.9 Å². The van der Waals surface area contributed by atoms with Gasteiger partial charge in [-0.1, -0.05) is 12.1 Å². The Kier molecular flexibility index (Phi) is 4.14. The number of hydrogen-bond donors (Lipinski definition) is 1. The first-order valence-corrected chi connectivity index (χ1v) is 8.45. The van der Waals surface area contributed by atoms with E-state index in [4.69, 9.17) is 4.74 Å². The molecule has 0 radical (unpaired) electrons. The number of aromatic nitrogens is 1. The van der Waals surface area contributed by atoms with E-state index in [2.05, 4.69) is 5.32 Å². The smallest absolute Gasteiger partial charge is 0.224 e. The minimum absolute atomic E-state index is 0.0272. The van der Waals surface area contributed by atoms with Gasteiger partial charge in [0, 0.05) is 25.7 Å². The van der Waals surface area contributed by atoms with Crippen molar-refractivity contribution in [2.75, 3.05) is 13.2 Å². The number of nitrogens with zero attached hydrogens (tertiary/aromatic N) is 1. The van der Waals surface area contributed by atoms with E-state index in [1.807, 2.05) is 35.0 Å². The fraction of sp³-hybridized carbons (Fsp3) is 0.250. The molecule has 4 rings (SSSR count). The number of hydrogen-bond acceptors (Lipinski definition) is 2. The summed E-state index contributed by atoms with van der Waals surface area (Å²) in [5.74, 6) is 0.613. The van der Waals surface area contributed by atoms with Crippen molar-refractivity contribution in [3.05, 3.63) is 65.6 Å². The predicted molar refractivity (Wildman–Crippen MR) is 94.3 cm³/mol. The first-order valence-electron chi connectivity index (χ1n) is 8.45. The van der Waals surface area contributed by atoms with E-state index in [0.29, 0.717) is 19.5 Å². The monoisotopic (exact) mass is 338 g/mol. The minimum atomic E-state index is -0.254. The van der Waals surface area contributed by atoms with Gasteiger partial charge in [0.2, 0.25) is 5.91 Å². The van der Waals surface area contributed by atoms with E-state index in [1.54, 1.807) is 6.07 Å². The summed E-state index contributed by atoms with van der Waals surface area (Å²) in [5.41, 5.74) is 2.99. The predicted octanol–water partition coefficient (Wildman–Crippen LogP) is 3.07. The average Bonchev–Trinajstić information content (AvgIpc) is 3.21. The van der Waals surface area contributed by atoms with Crippen LogP contribution in [0.1, 0.15) is 11.1 Å². The minimum Gasteiger partial charge on any atom is -0.493 e. The molecule has 0 fully saturated rings. The van der Waals surface area contributed by atoms with Crippen LogP contribution in [0.4, 0.5) is 4.39 Å². The molecule has 0 saturated heterocycles. The van der Waals surface area contributed by atoms with Gasteiger partial charge in [0.25, 0.3) is 0 Å². The lowest BCUT2D eigenvalue weighted by Crippen LogP contribution is -2.28. The van der Waals surface area contributed by atoms with Crippen LogP contribution in [-0.2, 0) is 24.2 Å². The molecule has 1 N–H and O–H groups in total. The number of amides is 1. The molecule has 0 aliphatic carbocycles. The molecule has 1 aliphatic heterocycles. The van der Waals surface area contributed by atoms with Crippen LogP contribution >= 0.6 is 0 Å². The van der Waals surface area contributed by atoms with E-state index in [9.17, 15) is 9.18 Å². The molecule has 0 saturated carbocycles. The van der Waals surface area contributed by atoms with E-state index >= 15 is 0 Å². The largest absolute Gasteiger partial charge is 0.493 e. The Morgan fingerprint density at radius 2 is 2.12 bits per heavy atom. The lowest BCUT2D eigenvalue weighted by atomic mass is 10.1. The van der Waals surface area contributed by atoms with Gasteiger partial charge in [-0.25, -0.2) is 4.39 Å². The van der Waals surface area contributed by atoms with Gasteiger partial charge in [0.1, 0.15) is 11.6 Å². The van der Waals surface area contributed by atoms with Crippen LogP contribution in [0.2, 0.25) is 0 Å². The van der Waals surface area contributed by atoms with Crippen LogP contribution < -0.4 is 10.1 Å². The Hall–Kier alpha value is -2.82. The second-order valence-corrected chi connectivity index (χ2v) is 6.28. The second-order valence-electron chi connectivity index (χ2n) is 6.28. The van der Waals surface area contributed by atoms with E-state index in [1.165, 1.54) is 17.7 Å². The fourth-order valence-corrected chi connectivity index (χ4v) is 3.24. The standard InChI is InChI=1S/C20H19FN2O2/c21-17-4-3-15-5-8-23(18(15)13-17)9-7-22-20(24)12-14-1-2-16-6-10-25-19(16)11-14/h1-5,8,11,13H,6-7,9-10,12H2,(H,22,24). The first kappa shape index (κ1) is 15.7. The second kappa shape index (κ2) is 6.59. The molecule has 1 aliphatic rings. The summed E-state index contributed by atoms with van der Waals surface area (Å²) in [7, 11) is 0. The molecule has 5 heteroatoms. The van der Waals surface area contributed by atoms with Crippen LogP contribution in [0.15, 0.2) is 48.7 Å². The van der Waals surface area contributed by atoms with Gasteiger partial charge in [0.15, 0.2) is 0 Å². The summed E-state index contributed by atoms with van der Waals surface area (Å²) in [5, 5.41) is 3.91. The number of carbonyl (C=O) groups excluding carboxylic acids is 1. The van der Waals surface area contributed by atoms with E-state index < -0.39 is 0 Å². The number of rotatable bonds is 5. The Labute approximate surface area is 145 Å². The van der Waals surface area contributed by atoms with Gasteiger partial charge < -0.3 is 14.6 Å². The molecule has 2 heterocycles. The van der Waals surface area contributed by atoms with Crippen molar-refractivity contribution in [1.29, 1.82) is 0 Å². The number of nitrogens with one attached hydrogen (secondary N) is 1. The molecule has 1 aromatic heterocycles. The van der Waals surface area contributed by atoms with E-state index in [-0.39, 0.29) is 11.7 Å². The highest BCUT2D eigenvalue weighted by atomic mass is 19.1. The normalized spacial score (nSPS) is 12.8. The van der Waals surface area contributed by atoms with Crippen molar-refractivity contribution in [3.63, 3.8) is 0 Å². The van der Waals surface area contributed by atoms with Crippen molar-refractivity contribution >= 4 is 16.8 Å². The molecule has 0 atom stereocenters. The van der Waals surface area contributed by atoms with Crippen molar-refractivity contribution in [2.45, 2.75) is 19.4 Å². The van der Waals surface area contributed by atoms with Crippen molar-refractivity contribution in [3.8, 4) is 5.75 Å². The molecule has 0 bridgehead atoms. The van der Waals surface area contributed by atoms with Crippen molar-refractivity contribution in [1.82, 2.24) is 9.88 Å². The molecule has 25 heavy (non-hydrogen) atoms. The maximum atomic E-state index is 13.4. The summed E-state index contributed by atoms with van der Waals surface area (Å²) in [6.45, 7) is 1.82. The Morgan fingerprint density at radius 3 is 3.04 bits per heavy atom. The zero-order valence-corrected chi connectivity index (χ0v) is 13.8. The van der Waals surface area contributed by atoms with Gasteiger partial charge in [0.05, 0.1) is 18.5 Å². The third-order valence-corrected chi connectivity index (χ3v) is 4.54. The number of benzene rings is 2. The molecule has 0 spiro atoms. The fourth-order valence-electron chi connectivity index (χ4n) is 3.24. The maximum Gasteiger partial charge on any atom is 0.224 e. The Balaban J connectivity index is 1.33. The molecular weight excluding hydrogens is 319 g/mol. The van der Waals surface area contributed by atoms with Gasteiger partial charge in [-0.15, -0.1) is 0 Å². The molecular formula is C20H19FN2O2. The summed E-state index contributed by atoms with van der Waals surface area (Å²) in [6, 6.07) is 12.6. The van der Waals surface area contributed by atoms with Gasteiger partial charge in [-0.05, 0) is 46.8 Å². The molecule has 4 nitrogen and oxygen atoms in total. The number of fused-ring (bicyclic) bond motifs is 2. The van der Waals surface area contributed by atoms with Crippen LogP contribution in [-0.4, -0.2) is 23.6 Å². The molecule has 0 unspecified atom stereocenters. The third-order valence-electron chi connectivity index (χ3n) is 4.54. The summed E-state index contributed by atoms with van der Waals surface area (Å²) < 4.78 is 20.9. The third kappa shape index (κ3) is 3.36. The highest BCUT2D eigenvalue weighted by Crippen LogP contribution is 2.26. The van der Waals surface area contributed by atoms with Crippen molar-refractivity contribution in [2.24, 2.45) is 0 Å². The SMILES string of the molecule is O=C(Cc1ccc2c(c1)OCC2)NCCn1ccc2ccc(F)cc21. The molecule has 3 aromatic rings.